The fourth-order valence-corrected chi connectivity index (χ4v) is 5.55. The second kappa shape index (κ2) is 6.46. The summed E-state index contributed by atoms with van der Waals surface area (Å²) in [4.78, 5) is 4.46. The summed E-state index contributed by atoms with van der Waals surface area (Å²) in [7, 11) is -3.24. The number of thioether (sulfide) groups is 1. The van der Waals surface area contributed by atoms with Crippen LogP contribution < -0.4 is 5.73 Å². The van der Waals surface area contributed by atoms with Crippen molar-refractivity contribution in [3.63, 3.8) is 0 Å². The third-order valence-electron chi connectivity index (χ3n) is 2.53. The first-order valence-corrected chi connectivity index (χ1v) is 9.97. The second-order valence-electron chi connectivity index (χ2n) is 4.05. The van der Waals surface area contributed by atoms with Crippen molar-refractivity contribution < 1.29 is 8.42 Å². The Balaban J connectivity index is 1.99. The van der Waals surface area contributed by atoms with E-state index in [1.54, 1.807) is 24.3 Å². The normalized spacial score (nSPS) is 11.7. The molecule has 1 aromatic carbocycles. The van der Waals surface area contributed by atoms with E-state index in [0.29, 0.717) is 15.8 Å². The Labute approximate surface area is 134 Å². The van der Waals surface area contributed by atoms with Crippen LogP contribution in [0.15, 0.2) is 37.8 Å². The Morgan fingerprint density at radius 3 is 2.55 bits per heavy atom. The predicted octanol–water partition coefficient (Wildman–Crippen LogP) is 3.36. The summed E-state index contributed by atoms with van der Waals surface area (Å²) >= 11 is 6.16. The van der Waals surface area contributed by atoms with E-state index in [2.05, 4.69) is 20.9 Å². The van der Waals surface area contributed by atoms with Crippen molar-refractivity contribution in [1.82, 2.24) is 4.98 Å². The first-order chi connectivity index (χ1) is 9.38. The van der Waals surface area contributed by atoms with Crippen LogP contribution in [-0.4, -0.2) is 24.9 Å². The van der Waals surface area contributed by atoms with Crippen LogP contribution in [0.2, 0.25) is 0 Å². The topological polar surface area (TPSA) is 73.0 Å². The van der Waals surface area contributed by atoms with E-state index in [9.17, 15) is 8.42 Å². The molecule has 108 valence electrons. The molecule has 1 heterocycles. The molecule has 0 aliphatic rings. The number of rotatable bonds is 5. The van der Waals surface area contributed by atoms with Gasteiger partial charge in [-0.25, -0.2) is 13.4 Å². The maximum atomic E-state index is 12.2. The van der Waals surface area contributed by atoms with E-state index >= 15 is 0 Å². The lowest BCUT2D eigenvalue weighted by molar-refractivity contribution is 0.597. The third kappa shape index (κ3) is 3.97. The summed E-state index contributed by atoms with van der Waals surface area (Å²) in [5, 5.41) is 0.515. The zero-order chi connectivity index (χ0) is 14.8. The summed E-state index contributed by atoms with van der Waals surface area (Å²) in [6.07, 6.45) is 0. The molecule has 0 atom stereocenters. The van der Waals surface area contributed by atoms with E-state index in [-0.39, 0.29) is 5.75 Å². The Bertz CT molecular complexity index is 696. The van der Waals surface area contributed by atoms with E-state index in [1.807, 2.05) is 6.92 Å². The molecule has 2 aromatic rings. The van der Waals surface area contributed by atoms with Gasteiger partial charge in [0.15, 0.2) is 15.0 Å². The highest BCUT2D eigenvalue weighted by molar-refractivity contribution is 9.10. The molecule has 0 saturated carbocycles. The minimum absolute atomic E-state index is 0.0938. The fourth-order valence-electron chi connectivity index (χ4n) is 1.54. The quantitative estimate of drug-likeness (QED) is 0.789. The number of nitrogens with zero attached hydrogens (tertiary/aromatic N) is 1. The molecule has 0 aliphatic carbocycles. The molecule has 0 radical (unpaired) electrons. The van der Waals surface area contributed by atoms with Gasteiger partial charge in [-0.2, -0.15) is 0 Å². The molecular weight excluding hydrogens is 380 g/mol. The minimum Gasteiger partial charge on any atom is -0.375 e. The van der Waals surface area contributed by atoms with Gasteiger partial charge in [0, 0.05) is 10.2 Å². The average Bonchev–Trinajstić information content (AvgIpc) is 2.68. The second-order valence-corrected chi connectivity index (χ2v) is 9.47. The molecule has 2 rings (SSSR count). The van der Waals surface area contributed by atoms with Gasteiger partial charge < -0.3 is 5.73 Å². The number of sulfone groups is 1. The monoisotopic (exact) mass is 392 g/mol. The highest BCUT2D eigenvalue weighted by Crippen LogP contribution is 2.30. The number of thiazole rings is 1. The van der Waals surface area contributed by atoms with Crippen molar-refractivity contribution in [2.24, 2.45) is 0 Å². The van der Waals surface area contributed by atoms with Crippen LogP contribution in [0.3, 0.4) is 0 Å². The predicted molar refractivity (Wildman–Crippen MR) is 88.2 cm³/mol. The molecule has 4 nitrogen and oxygen atoms in total. The molecule has 0 unspecified atom stereocenters. The van der Waals surface area contributed by atoms with Gasteiger partial charge in [-0.1, -0.05) is 27.3 Å². The summed E-state index contributed by atoms with van der Waals surface area (Å²) in [5.41, 5.74) is 6.47. The van der Waals surface area contributed by atoms with Gasteiger partial charge in [0.25, 0.3) is 0 Å². The molecule has 8 heteroatoms. The van der Waals surface area contributed by atoms with Crippen LogP contribution in [0.1, 0.15) is 5.69 Å². The molecule has 20 heavy (non-hydrogen) atoms. The SMILES string of the molecule is Cc1nc(N)sc1SCCS(=O)(=O)c1ccc(Br)cc1. The van der Waals surface area contributed by atoms with Gasteiger partial charge in [0.2, 0.25) is 0 Å². The molecule has 0 saturated heterocycles. The maximum absolute atomic E-state index is 12.2. The number of hydrogen-bond acceptors (Lipinski definition) is 6. The summed E-state index contributed by atoms with van der Waals surface area (Å²) < 4.78 is 26.2. The third-order valence-corrected chi connectivity index (χ3v) is 7.40. The molecule has 0 amide bonds. The van der Waals surface area contributed by atoms with Crippen molar-refractivity contribution in [3.8, 4) is 0 Å². The largest absolute Gasteiger partial charge is 0.375 e. The first kappa shape index (κ1) is 15.8. The lowest BCUT2D eigenvalue weighted by atomic mass is 10.4. The molecule has 0 spiro atoms. The standard InChI is InChI=1S/C12H13BrN2O2S3/c1-8-11(19-12(14)15-8)18-6-7-20(16,17)10-4-2-9(13)3-5-10/h2-5H,6-7H2,1H3,(H2,14,15). The van der Waals surface area contributed by atoms with Crippen LogP contribution in [0.4, 0.5) is 5.13 Å². The molecular formula is C12H13BrN2O2S3. The highest BCUT2D eigenvalue weighted by Gasteiger charge is 2.15. The summed E-state index contributed by atoms with van der Waals surface area (Å²) in [6.45, 7) is 1.87. The van der Waals surface area contributed by atoms with Crippen molar-refractivity contribution in [2.45, 2.75) is 16.0 Å². The van der Waals surface area contributed by atoms with Crippen LogP contribution in [0.5, 0.6) is 0 Å². The van der Waals surface area contributed by atoms with Gasteiger partial charge in [0.05, 0.1) is 20.6 Å². The number of aromatic nitrogens is 1. The van der Waals surface area contributed by atoms with Crippen molar-refractivity contribution in [1.29, 1.82) is 0 Å². The van der Waals surface area contributed by atoms with Crippen molar-refractivity contribution >= 4 is 54.0 Å². The molecule has 0 fully saturated rings. The number of nitrogens with two attached hydrogens (primary N) is 1. The van der Waals surface area contributed by atoms with Crippen LogP contribution in [0.25, 0.3) is 0 Å². The lowest BCUT2D eigenvalue weighted by Gasteiger charge is -2.04. The van der Waals surface area contributed by atoms with Gasteiger partial charge in [-0.05, 0) is 31.2 Å². The Hall–Kier alpha value is -0.570. The van der Waals surface area contributed by atoms with Gasteiger partial charge in [0.1, 0.15) is 0 Å². The van der Waals surface area contributed by atoms with E-state index in [4.69, 9.17) is 5.73 Å². The van der Waals surface area contributed by atoms with Gasteiger partial charge in [-0.3, -0.25) is 0 Å². The average molecular weight is 393 g/mol. The zero-order valence-electron chi connectivity index (χ0n) is 10.7. The lowest BCUT2D eigenvalue weighted by Crippen LogP contribution is -2.08. The van der Waals surface area contributed by atoms with Crippen LogP contribution in [-0.2, 0) is 9.84 Å². The minimum atomic E-state index is -3.24. The molecule has 1 aromatic heterocycles. The zero-order valence-corrected chi connectivity index (χ0v) is 14.7. The first-order valence-electron chi connectivity index (χ1n) is 5.72. The number of benzene rings is 1. The number of aryl methyl sites for hydroxylation is 1. The van der Waals surface area contributed by atoms with Crippen molar-refractivity contribution in [3.05, 3.63) is 34.4 Å². The van der Waals surface area contributed by atoms with E-state index < -0.39 is 9.84 Å². The Kier molecular flexibility index (Phi) is 5.11. The summed E-state index contributed by atoms with van der Waals surface area (Å²) in [6, 6.07) is 6.68. The van der Waals surface area contributed by atoms with E-state index in [1.165, 1.54) is 23.1 Å². The molecule has 2 N–H and O–H groups in total. The Morgan fingerprint density at radius 1 is 1.35 bits per heavy atom. The van der Waals surface area contributed by atoms with Gasteiger partial charge >= 0.3 is 0 Å². The van der Waals surface area contributed by atoms with E-state index in [0.717, 1.165) is 14.4 Å². The number of anilines is 1. The smallest absolute Gasteiger partial charge is 0.181 e. The number of hydrogen-bond donors (Lipinski definition) is 1. The maximum Gasteiger partial charge on any atom is 0.181 e. The highest BCUT2D eigenvalue weighted by atomic mass is 79.9. The van der Waals surface area contributed by atoms with Crippen molar-refractivity contribution in [2.75, 3.05) is 17.2 Å². The Morgan fingerprint density at radius 2 is 2.00 bits per heavy atom. The number of nitrogen functional groups attached to an aromatic ring is 1. The number of halogens is 1. The van der Waals surface area contributed by atoms with Gasteiger partial charge in [-0.15, -0.1) is 11.8 Å². The molecule has 0 aliphatic heterocycles. The fraction of sp³-hybridized carbons (Fsp3) is 0.250. The summed E-state index contributed by atoms with van der Waals surface area (Å²) in [5.74, 6) is 0.581. The van der Waals surface area contributed by atoms with Crippen LogP contribution in [0, 0.1) is 6.92 Å². The molecule has 0 bridgehead atoms. The van der Waals surface area contributed by atoms with Crippen LogP contribution >= 0.6 is 39.0 Å².